The summed E-state index contributed by atoms with van der Waals surface area (Å²) < 4.78 is 15.2. The number of amides is 4. The first-order valence-electron chi connectivity index (χ1n) is 11.0. The lowest BCUT2D eigenvalue weighted by Crippen LogP contribution is -2.61. The number of carbonyl (C=O) groups excluding carboxylic acids is 4. The van der Waals surface area contributed by atoms with Crippen molar-refractivity contribution < 1.29 is 23.6 Å². The summed E-state index contributed by atoms with van der Waals surface area (Å²) >= 11 is 0. The summed E-state index contributed by atoms with van der Waals surface area (Å²) in [5.74, 6) is -3.03. The van der Waals surface area contributed by atoms with E-state index in [9.17, 15) is 19.2 Å². The van der Waals surface area contributed by atoms with Crippen molar-refractivity contribution >= 4 is 29.3 Å². The van der Waals surface area contributed by atoms with Gasteiger partial charge in [-0.15, -0.1) is 0 Å². The Kier molecular flexibility index (Phi) is 5.35. The molecular weight excluding hydrogens is 415 g/mol. The summed E-state index contributed by atoms with van der Waals surface area (Å²) in [7, 11) is 0. The molecule has 4 amide bonds. The van der Waals surface area contributed by atoms with Crippen molar-refractivity contribution in [1.29, 1.82) is 0 Å². The second kappa shape index (κ2) is 7.65. The van der Waals surface area contributed by atoms with E-state index in [0.717, 1.165) is 24.1 Å². The van der Waals surface area contributed by atoms with E-state index in [1.807, 2.05) is 18.7 Å². The third kappa shape index (κ3) is 3.58. The maximum Gasteiger partial charge on any atom is 0.262 e. The van der Waals surface area contributed by atoms with Crippen molar-refractivity contribution in [3.63, 3.8) is 0 Å². The zero-order valence-corrected chi connectivity index (χ0v) is 19.1. The van der Waals surface area contributed by atoms with Crippen molar-refractivity contribution in [3.8, 4) is 0 Å². The van der Waals surface area contributed by atoms with Gasteiger partial charge in [-0.05, 0) is 53.2 Å². The number of carbonyl (C=O) groups is 4. The van der Waals surface area contributed by atoms with Crippen LogP contribution in [0.4, 0.5) is 10.1 Å². The minimum atomic E-state index is -1.07. The fourth-order valence-corrected chi connectivity index (χ4v) is 5.02. The number of piperidine rings is 1. The Morgan fingerprint density at radius 1 is 0.969 bits per heavy atom. The molecule has 0 spiro atoms. The molecule has 0 radical (unpaired) electrons. The van der Waals surface area contributed by atoms with Crippen molar-refractivity contribution in [2.45, 2.75) is 71.1 Å². The highest BCUT2D eigenvalue weighted by Crippen LogP contribution is 2.35. The van der Waals surface area contributed by atoms with Crippen LogP contribution in [0.25, 0.3) is 0 Å². The lowest BCUT2D eigenvalue weighted by atomic mass is 9.98. The average molecular weight is 445 g/mol. The van der Waals surface area contributed by atoms with Gasteiger partial charge in [0.2, 0.25) is 11.8 Å². The third-order valence-corrected chi connectivity index (χ3v) is 6.65. The summed E-state index contributed by atoms with van der Waals surface area (Å²) in [6.07, 6.45) is 0.102. The first-order chi connectivity index (χ1) is 14.9. The molecule has 3 aliphatic rings. The molecule has 8 nitrogen and oxygen atoms in total. The summed E-state index contributed by atoms with van der Waals surface area (Å²) in [4.78, 5) is 54.9. The van der Waals surface area contributed by atoms with Gasteiger partial charge < -0.3 is 4.90 Å². The number of fused-ring (bicyclic) bond motifs is 1. The van der Waals surface area contributed by atoms with Crippen molar-refractivity contribution in [3.05, 3.63) is 29.1 Å². The molecule has 2 unspecified atom stereocenters. The molecule has 1 N–H and O–H groups in total. The SMILES string of the molecule is CC1CN(C(C)(C)C)CC(C)N1c1cc2c(cc1F)C(=O)N([C@H]1CCC(=O)NC1=O)C2=O. The Morgan fingerprint density at radius 3 is 2.06 bits per heavy atom. The van der Waals surface area contributed by atoms with Crippen LogP contribution in [0.3, 0.4) is 0 Å². The van der Waals surface area contributed by atoms with Crippen molar-refractivity contribution in [1.82, 2.24) is 15.1 Å². The van der Waals surface area contributed by atoms with Crippen LogP contribution < -0.4 is 10.2 Å². The number of anilines is 1. The Balaban J connectivity index is 1.66. The van der Waals surface area contributed by atoms with Gasteiger partial charge in [0.05, 0.1) is 16.8 Å². The van der Waals surface area contributed by atoms with Crippen molar-refractivity contribution in [2.24, 2.45) is 0 Å². The van der Waals surface area contributed by atoms with Crippen LogP contribution in [0.5, 0.6) is 0 Å². The van der Waals surface area contributed by atoms with E-state index < -0.39 is 35.5 Å². The second-order valence-electron chi connectivity index (χ2n) is 9.98. The number of piperazine rings is 1. The molecule has 172 valence electrons. The fraction of sp³-hybridized carbons (Fsp3) is 0.565. The topological polar surface area (TPSA) is 90.0 Å². The third-order valence-electron chi connectivity index (χ3n) is 6.65. The maximum atomic E-state index is 15.2. The van der Waals surface area contributed by atoms with Crippen LogP contribution in [0.2, 0.25) is 0 Å². The number of hydrogen-bond acceptors (Lipinski definition) is 6. The number of nitrogens with one attached hydrogen (secondary N) is 1. The van der Waals surface area contributed by atoms with E-state index in [1.165, 1.54) is 6.07 Å². The van der Waals surface area contributed by atoms with Crippen molar-refractivity contribution in [2.75, 3.05) is 18.0 Å². The van der Waals surface area contributed by atoms with Crippen LogP contribution in [0.1, 0.15) is 68.2 Å². The van der Waals surface area contributed by atoms with Gasteiger partial charge in [-0.2, -0.15) is 0 Å². The summed E-state index contributed by atoms with van der Waals surface area (Å²) in [6, 6.07) is 1.45. The number of nitrogens with zero attached hydrogens (tertiary/aromatic N) is 3. The number of benzene rings is 1. The second-order valence-corrected chi connectivity index (χ2v) is 9.98. The highest BCUT2D eigenvalue weighted by Gasteiger charge is 2.46. The first-order valence-corrected chi connectivity index (χ1v) is 11.0. The van der Waals surface area contributed by atoms with Crippen LogP contribution >= 0.6 is 0 Å². The van der Waals surface area contributed by atoms with E-state index in [-0.39, 0.29) is 47.3 Å². The summed E-state index contributed by atoms with van der Waals surface area (Å²) in [5, 5.41) is 2.17. The number of rotatable bonds is 2. The molecule has 1 aromatic carbocycles. The molecule has 2 saturated heterocycles. The normalized spacial score (nSPS) is 27.1. The molecule has 0 saturated carbocycles. The molecule has 0 bridgehead atoms. The van der Waals surface area contributed by atoms with Gasteiger partial charge in [0.25, 0.3) is 11.8 Å². The van der Waals surface area contributed by atoms with Gasteiger partial charge in [0.1, 0.15) is 11.9 Å². The Hall–Kier alpha value is -2.81. The van der Waals surface area contributed by atoms with Crippen LogP contribution in [-0.2, 0) is 9.59 Å². The molecule has 2 fully saturated rings. The lowest BCUT2D eigenvalue weighted by Gasteiger charge is -2.50. The summed E-state index contributed by atoms with van der Waals surface area (Å²) in [6.45, 7) is 11.9. The predicted octanol–water partition coefficient (Wildman–Crippen LogP) is 1.92. The largest absolute Gasteiger partial charge is 0.361 e. The Bertz CT molecular complexity index is 1010. The number of imide groups is 2. The van der Waals surface area contributed by atoms with E-state index >= 15 is 4.39 Å². The van der Waals surface area contributed by atoms with Gasteiger partial charge in [0, 0.05) is 37.1 Å². The molecule has 3 aliphatic heterocycles. The van der Waals surface area contributed by atoms with Gasteiger partial charge in [-0.1, -0.05) is 0 Å². The predicted molar refractivity (Wildman–Crippen MR) is 116 cm³/mol. The highest BCUT2D eigenvalue weighted by molar-refractivity contribution is 6.23. The van der Waals surface area contributed by atoms with Crippen LogP contribution in [-0.4, -0.2) is 70.2 Å². The lowest BCUT2D eigenvalue weighted by molar-refractivity contribution is -0.136. The fourth-order valence-electron chi connectivity index (χ4n) is 5.02. The quantitative estimate of drug-likeness (QED) is 0.701. The van der Waals surface area contributed by atoms with E-state index in [0.29, 0.717) is 0 Å². The standard InChI is InChI=1S/C23H29FN4O4/c1-12-10-26(23(3,4)5)11-13(2)27(12)18-9-15-14(8-16(18)24)21(31)28(22(15)32)17-6-7-19(29)25-20(17)30/h8-9,12-13,17H,6-7,10-11H2,1-5H3,(H,25,29,30)/t12?,13?,17-/m0/s1. The molecule has 0 aromatic heterocycles. The van der Waals surface area contributed by atoms with Crippen LogP contribution in [0.15, 0.2) is 12.1 Å². The molecule has 9 heteroatoms. The van der Waals surface area contributed by atoms with E-state index in [2.05, 4.69) is 31.0 Å². The Morgan fingerprint density at radius 2 is 1.53 bits per heavy atom. The van der Waals surface area contributed by atoms with Gasteiger partial charge in [0.15, 0.2) is 0 Å². The zero-order valence-electron chi connectivity index (χ0n) is 19.1. The summed E-state index contributed by atoms with van der Waals surface area (Å²) in [5.41, 5.74) is 0.308. The molecule has 3 atom stereocenters. The molecule has 3 heterocycles. The van der Waals surface area contributed by atoms with Gasteiger partial charge >= 0.3 is 0 Å². The molecule has 4 rings (SSSR count). The smallest absolute Gasteiger partial charge is 0.262 e. The van der Waals surface area contributed by atoms with E-state index in [4.69, 9.17) is 0 Å². The first kappa shape index (κ1) is 22.4. The maximum absolute atomic E-state index is 15.2. The minimum Gasteiger partial charge on any atom is -0.361 e. The highest BCUT2D eigenvalue weighted by atomic mass is 19.1. The number of hydrogen-bond donors (Lipinski definition) is 1. The van der Waals surface area contributed by atoms with E-state index in [1.54, 1.807) is 0 Å². The zero-order chi connectivity index (χ0) is 23.5. The minimum absolute atomic E-state index is 0.0102. The van der Waals surface area contributed by atoms with Crippen LogP contribution in [0, 0.1) is 5.82 Å². The monoisotopic (exact) mass is 444 g/mol. The molecular formula is C23H29FN4O4. The number of halogens is 1. The average Bonchev–Trinajstić information content (AvgIpc) is 2.91. The Labute approximate surface area is 186 Å². The van der Waals surface area contributed by atoms with Gasteiger partial charge in [-0.25, -0.2) is 4.39 Å². The molecule has 0 aliphatic carbocycles. The molecule has 32 heavy (non-hydrogen) atoms. The molecule has 1 aromatic rings. The van der Waals surface area contributed by atoms with Gasteiger partial charge in [-0.3, -0.25) is 34.3 Å².